The van der Waals surface area contributed by atoms with E-state index in [1.165, 1.54) is 38.9 Å². The molecule has 2 aliphatic rings. The van der Waals surface area contributed by atoms with Gasteiger partial charge in [0.15, 0.2) is 0 Å². The van der Waals surface area contributed by atoms with Gasteiger partial charge in [0.25, 0.3) is 0 Å². The van der Waals surface area contributed by atoms with Crippen LogP contribution in [-0.4, -0.2) is 37.6 Å². The monoisotopic (exact) mass is 168 g/mol. The second-order valence-electron chi connectivity index (χ2n) is 4.94. The standard InChI is InChI=1S/C10H20N2/c1-10(4-5-10)8-11-9-3-6-12(2)7-9/h9,11H,3-8H2,1-2H3. The van der Waals surface area contributed by atoms with E-state index in [0.29, 0.717) is 5.41 Å². The van der Waals surface area contributed by atoms with Crippen LogP contribution < -0.4 is 5.32 Å². The molecule has 2 rings (SSSR count). The lowest BCUT2D eigenvalue weighted by Crippen LogP contribution is -2.35. The third kappa shape index (κ3) is 1.99. The second-order valence-corrected chi connectivity index (χ2v) is 4.94. The van der Waals surface area contributed by atoms with Crippen LogP contribution >= 0.6 is 0 Å². The molecule has 0 radical (unpaired) electrons. The molecule has 2 fully saturated rings. The molecule has 70 valence electrons. The number of likely N-dealkylation sites (N-methyl/N-ethyl adjacent to an activating group) is 1. The second kappa shape index (κ2) is 3.00. The van der Waals surface area contributed by atoms with Gasteiger partial charge in [0.05, 0.1) is 0 Å². The maximum absolute atomic E-state index is 3.67. The summed E-state index contributed by atoms with van der Waals surface area (Å²) in [7, 11) is 2.21. The SMILES string of the molecule is CN1CCC(NCC2(C)CC2)C1. The van der Waals surface area contributed by atoms with Crippen molar-refractivity contribution in [2.75, 3.05) is 26.7 Å². The molecule has 0 aromatic heterocycles. The maximum Gasteiger partial charge on any atom is 0.0207 e. The summed E-state index contributed by atoms with van der Waals surface area (Å²) in [4.78, 5) is 2.41. The van der Waals surface area contributed by atoms with Crippen LogP contribution in [0.25, 0.3) is 0 Å². The zero-order valence-corrected chi connectivity index (χ0v) is 8.27. The van der Waals surface area contributed by atoms with Crippen LogP contribution in [0.4, 0.5) is 0 Å². The van der Waals surface area contributed by atoms with E-state index in [-0.39, 0.29) is 0 Å². The molecule has 0 aromatic rings. The van der Waals surface area contributed by atoms with Crippen molar-refractivity contribution in [2.24, 2.45) is 5.41 Å². The first-order chi connectivity index (χ1) is 5.68. The number of nitrogens with zero attached hydrogens (tertiary/aromatic N) is 1. The highest BCUT2D eigenvalue weighted by atomic mass is 15.2. The van der Waals surface area contributed by atoms with Gasteiger partial charge >= 0.3 is 0 Å². The Morgan fingerprint density at radius 1 is 1.50 bits per heavy atom. The number of rotatable bonds is 3. The van der Waals surface area contributed by atoms with Crippen molar-refractivity contribution < 1.29 is 0 Å². The van der Waals surface area contributed by atoms with Gasteiger partial charge < -0.3 is 10.2 Å². The predicted octanol–water partition coefficient (Wildman–Crippen LogP) is 1.08. The lowest BCUT2D eigenvalue weighted by Gasteiger charge is -2.15. The molecule has 2 heteroatoms. The number of nitrogens with one attached hydrogen (secondary N) is 1. The number of hydrogen-bond donors (Lipinski definition) is 1. The molecular formula is C10H20N2. The van der Waals surface area contributed by atoms with E-state index in [9.17, 15) is 0 Å². The topological polar surface area (TPSA) is 15.3 Å². The molecule has 1 N–H and O–H groups in total. The minimum Gasteiger partial charge on any atom is -0.312 e. The van der Waals surface area contributed by atoms with Gasteiger partial charge in [0, 0.05) is 19.1 Å². The first-order valence-electron chi connectivity index (χ1n) is 5.10. The first kappa shape index (κ1) is 8.52. The summed E-state index contributed by atoms with van der Waals surface area (Å²) in [6, 6.07) is 0.771. The van der Waals surface area contributed by atoms with Gasteiger partial charge in [-0.25, -0.2) is 0 Å². The highest BCUT2D eigenvalue weighted by Gasteiger charge is 2.37. The van der Waals surface area contributed by atoms with Crippen molar-refractivity contribution in [3.63, 3.8) is 0 Å². The molecule has 1 atom stereocenters. The molecule has 1 aliphatic carbocycles. The summed E-state index contributed by atoms with van der Waals surface area (Å²) in [5.41, 5.74) is 0.668. The zero-order valence-electron chi connectivity index (χ0n) is 8.27. The Hall–Kier alpha value is -0.0800. The van der Waals surface area contributed by atoms with Crippen LogP contribution in [0, 0.1) is 5.41 Å². The van der Waals surface area contributed by atoms with Gasteiger partial charge in [0.2, 0.25) is 0 Å². The summed E-state index contributed by atoms with van der Waals surface area (Å²) in [5, 5.41) is 3.67. The van der Waals surface area contributed by atoms with Crippen LogP contribution in [-0.2, 0) is 0 Å². The summed E-state index contributed by atoms with van der Waals surface area (Å²) in [6.07, 6.45) is 4.21. The van der Waals surface area contributed by atoms with Gasteiger partial charge in [-0.15, -0.1) is 0 Å². The van der Waals surface area contributed by atoms with Gasteiger partial charge in [-0.2, -0.15) is 0 Å². The molecule has 0 aromatic carbocycles. The van der Waals surface area contributed by atoms with E-state index in [1.54, 1.807) is 0 Å². The van der Waals surface area contributed by atoms with E-state index in [1.807, 2.05) is 0 Å². The molecule has 1 unspecified atom stereocenters. The Balaban J connectivity index is 1.67. The summed E-state index contributed by atoms with van der Waals surface area (Å²) in [5.74, 6) is 0. The predicted molar refractivity (Wildman–Crippen MR) is 51.2 cm³/mol. The normalized spacial score (nSPS) is 34.0. The van der Waals surface area contributed by atoms with Gasteiger partial charge in [-0.05, 0) is 38.3 Å². The lowest BCUT2D eigenvalue weighted by atomic mass is 10.1. The van der Waals surface area contributed by atoms with Crippen molar-refractivity contribution in [1.82, 2.24) is 10.2 Å². The first-order valence-corrected chi connectivity index (χ1v) is 5.10. The highest BCUT2D eigenvalue weighted by molar-refractivity contribution is 4.92. The largest absolute Gasteiger partial charge is 0.312 e. The summed E-state index contributed by atoms with van der Waals surface area (Å²) in [6.45, 7) is 6.15. The molecular weight excluding hydrogens is 148 g/mol. The minimum absolute atomic E-state index is 0.668. The van der Waals surface area contributed by atoms with E-state index in [2.05, 4.69) is 24.2 Å². The smallest absolute Gasteiger partial charge is 0.0207 e. The Morgan fingerprint density at radius 2 is 2.25 bits per heavy atom. The molecule has 2 nitrogen and oxygen atoms in total. The fourth-order valence-electron chi connectivity index (χ4n) is 1.88. The fraction of sp³-hybridized carbons (Fsp3) is 1.00. The molecule has 0 bridgehead atoms. The molecule has 1 saturated carbocycles. The molecule has 1 saturated heterocycles. The van der Waals surface area contributed by atoms with Crippen molar-refractivity contribution >= 4 is 0 Å². The van der Waals surface area contributed by atoms with Crippen LogP contribution in [0.1, 0.15) is 26.2 Å². The Kier molecular flexibility index (Phi) is 2.13. The minimum atomic E-state index is 0.668. The summed E-state index contributed by atoms with van der Waals surface area (Å²) >= 11 is 0. The Morgan fingerprint density at radius 3 is 2.75 bits per heavy atom. The van der Waals surface area contributed by atoms with Crippen LogP contribution in [0.2, 0.25) is 0 Å². The van der Waals surface area contributed by atoms with Crippen molar-refractivity contribution in [1.29, 1.82) is 0 Å². The Labute approximate surface area is 75.3 Å². The quantitative estimate of drug-likeness (QED) is 0.678. The molecule has 1 heterocycles. The van der Waals surface area contributed by atoms with Crippen molar-refractivity contribution in [3.8, 4) is 0 Å². The Bertz CT molecular complexity index is 163. The lowest BCUT2D eigenvalue weighted by molar-refractivity contribution is 0.385. The summed E-state index contributed by atoms with van der Waals surface area (Å²) < 4.78 is 0. The van der Waals surface area contributed by atoms with E-state index < -0.39 is 0 Å². The number of likely N-dealkylation sites (tertiary alicyclic amines) is 1. The average molecular weight is 168 g/mol. The average Bonchev–Trinajstić information content (AvgIpc) is 2.60. The molecule has 0 spiro atoms. The van der Waals surface area contributed by atoms with E-state index in [0.717, 1.165) is 6.04 Å². The highest BCUT2D eigenvalue weighted by Crippen LogP contribution is 2.44. The van der Waals surface area contributed by atoms with Gasteiger partial charge in [0.1, 0.15) is 0 Å². The van der Waals surface area contributed by atoms with E-state index in [4.69, 9.17) is 0 Å². The van der Waals surface area contributed by atoms with E-state index >= 15 is 0 Å². The molecule has 1 aliphatic heterocycles. The third-order valence-electron chi connectivity index (χ3n) is 3.31. The van der Waals surface area contributed by atoms with Gasteiger partial charge in [-0.3, -0.25) is 0 Å². The molecule has 0 amide bonds. The van der Waals surface area contributed by atoms with Crippen molar-refractivity contribution in [3.05, 3.63) is 0 Å². The third-order valence-corrected chi connectivity index (χ3v) is 3.31. The van der Waals surface area contributed by atoms with Crippen molar-refractivity contribution in [2.45, 2.75) is 32.2 Å². The van der Waals surface area contributed by atoms with Crippen LogP contribution in [0.5, 0.6) is 0 Å². The van der Waals surface area contributed by atoms with Crippen LogP contribution in [0.15, 0.2) is 0 Å². The zero-order chi connectivity index (χ0) is 8.60. The van der Waals surface area contributed by atoms with Gasteiger partial charge in [-0.1, -0.05) is 6.92 Å². The van der Waals surface area contributed by atoms with Crippen LogP contribution in [0.3, 0.4) is 0 Å². The maximum atomic E-state index is 3.67. The fourth-order valence-corrected chi connectivity index (χ4v) is 1.88. The molecule has 12 heavy (non-hydrogen) atoms. The number of hydrogen-bond acceptors (Lipinski definition) is 2.